The Morgan fingerprint density at radius 1 is 1.54 bits per heavy atom. The van der Waals surface area contributed by atoms with Crippen LogP contribution >= 0.6 is 0 Å². The van der Waals surface area contributed by atoms with Gasteiger partial charge in [-0.1, -0.05) is 6.07 Å². The van der Waals surface area contributed by atoms with Gasteiger partial charge < -0.3 is 5.32 Å². The fourth-order valence-electron chi connectivity index (χ4n) is 1.94. The molecule has 2 nitrogen and oxygen atoms in total. The summed E-state index contributed by atoms with van der Waals surface area (Å²) >= 11 is 0. The lowest BCUT2D eigenvalue weighted by Gasteiger charge is -2.09. The Morgan fingerprint density at radius 3 is 3.15 bits per heavy atom. The largest absolute Gasteiger partial charge is 0.314 e. The summed E-state index contributed by atoms with van der Waals surface area (Å²) in [4.78, 5) is 4.20. The lowest BCUT2D eigenvalue weighted by atomic mass is 10.1. The molecule has 1 aliphatic heterocycles. The van der Waals surface area contributed by atoms with Crippen molar-refractivity contribution in [2.45, 2.75) is 32.2 Å². The predicted octanol–water partition coefficient (Wildman–Crippen LogP) is 1.68. The van der Waals surface area contributed by atoms with E-state index in [-0.39, 0.29) is 0 Å². The maximum absolute atomic E-state index is 4.20. The van der Waals surface area contributed by atoms with Crippen molar-refractivity contribution in [3.63, 3.8) is 0 Å². The van der Waals surface area contributed by atoms with Gasteiger partial charge in [-0.15, -0.1) is 0 Å². The summed E-state index contributed by atoms with van der Waals surface area (Å²) in [6.45, 7) is 3.28. The van der Waals surface area contributed by atoms with Crippen LogP contribution in [0, 0.1) is 6.92 Å². The van der Waals surface area contributed by atoms with E-state index in [1.165, 1.54) is 30.5 Å². The van der Waals surface area contributed by atoms with Crippen LogP contribution in [0.2, 0.25) is 0 Å². The normalized spacial score (nSPS) is 22.1. The van der Waals surface area contributed by atoms with Crippen LogP contribution in [0.25, 0.3) is 0 Å². The first kappa shape index (κ1) is 8.70. The molecule has 1 aromatic rings. The van der Waals surface area contributed by atoms with Crippen LogP contribution in [0.1, 0.15) is 24.0 Å². The third-order valence-electron chi connectivity index (χ3n) is 2.58. The van der Waals surface area contributed by atoms with Crippen LogP contribution in [-0.4, -0.2) is 17.6 Å². The van der Waals surface area contributed by atoms with Crippen molar-refractivity contribution >= 4 is 0 Å². The number of rotatable bonds is 2. The Balaban J connectivity index is 2.00. The van der Waals surface area contributed by atoms with E-state index in [9.17, 15) is 0 Å². The quantitative estimate of drug-likeness (QED) is 0.741. The monoisotopic (exact) mass is 176 g/mol. The lowest BCUT2D eigenvalue weighted by molar-refractivity contribution is 0.602. The molecule has 2 heterocycles. The molecule has 1 unspecified atom stereocenters. The molecule has 1 aliphatic rings. The molecule has 2 heteroatoms. The number of nitrogens with one attached hydrogen (secondary N) is 1. The second-order valence-electron chi connectivity index (χ2n) is 3.87. The number of aromatic nitrogens is 1. The minimum atomic E-state index is 0.684. The molecule has 0 radical (unpaired) electrons. The van der Waals surface area contributed by atoms with E-state index in [0.29, 0.717) is 6.04 Å². The molecule has 1 N–H and O–H groups in total. The summed E-state index contributed by atoms with van der Waals surface area (Å²) < 4.78 is 0. The zero-order valence-corrected chi connectivity index (χ0v) is 8.09. The van der Waals surface area contributed by atoms with Gasteiger partial charge >= 0.3 is 0 Å². The zero-order chi connectivity index (χ0) is 9.10. The number of hydrogen-bond acceptors (Lipinski definition) is 2. The first-order valence-electron chi connectivity index (χ1n) is 4.98. The Kier molecular flexibility index (Phi) is 2.60. The molecular weight excluding hydrogens is 160 g/mol. The van der Waals surface area contributed by atoms with E-state index in [0.717, 1.165) is 6.42 Å². The van der Waals surface area contributed by atoms with Crippen LogP contribution in [0.4, 0.5) is 0 Å². The summed E-state index contributed by atoms with van der Waals surface area (Å²) in [7, 11) is 0. The highest BCUT2D eigenvalue weighted by molar-refractivity contribution is 5.17. The van der Waals surface area contributed by atoms with Crippen molar-refractivity contribution in [3.05, 3.63) is 29.6 Å². The molecule has 1 fully saturated rings. The standard InChI is InChI=1S/C11H16N2/c1-9-5-10(8-12-7-9)6-11-3-2-4-13-11/h5,7-8,11,13H,2-4,6H2,1H3. The summed E-state index contributed by atoms with van der Waals surface area (Å²) in [5.41, 5.74) is 2.62. The van der Waals surface area contributed by atoms with Crippen molar-refractivity contribution in [3.8, 4) is 0 Å². The molecule has 70 valence electrons. The van der Waals surface area contributed by atoms with Gasteiger partial charge in [0.2, 0.25) is 0 Å². The van der Waals surface area contributed by atoms with Crippen LogP contribution in [0.3, 0.4) is 0 Å². The van der Waals surface area contributed by atoms with E-state index in [4.69, 9.17) is 0 Å². The first-order valence-corrected chi connectivity index (χ1v) is 4.98. The van der Waals surface area contributed by atoms with Crippen molar-refractivity contribution in [2.24, 2.45) is 0 Å². The smallest absolute Gasteiger partial charge is 0.0300 e. The second-order valence-corrected chi connectivity index (χ2v) is 3.87. The number of aryl methyl sites for hydroxylation is 1. The molecule has 0 bridgehead atoms. The topological polar surface area (TPSA) is 24.9 Å². The van der Waals surface area contributed by atoms with E-state index in [1.54, 1.807) is 0 Å². The fourth-order valence-corrected chi connectivity index (χ4v) is 1.94. The maximum atomic E-state index is 4.20. The fraction of sp³-hybridized carbons (Fsp3) is 0.545. The summed E-state index contributed by atoms with van der Waals surface area (Å²) in [6, 6.07) is 2.91. The van der Waals surface area contributed by atoms with Crippen LogP contribution in [0.5, 0.6) is 0 Å². The van der Waals surface area contributed by atoms with Gasteiger partial charge in [-0.3, -0.25) is 4.98 Å². The van der Waals surface area contributed by atoms with E-state index < -0.39 is 0 Å². The summed E-state index contributed by atoms with van der Waals surface area (Å²) in [5.74, 6) is 0. The molecule has 0 saturated carbocycles. The molecular formula is C11H16N2. The highest BCUT2D eigenvalue weighted by atomic mass is 14.9. The molecule has 1 aromatic heterocycles. The van der Waals surface area contributed by atoms with Gasteiger partial charge in [0.05, 0.1) is 0 Å². The van der Waals surface area contributed by atoms with Crippen LogP contribution in [-0.2, 0) is 6.42 Å². The van der Waals surface area contributed by atoms with Gasteiger partial charge in [-0.25, -0.2) is 0 Å². The zero-order valence-electron chi connectivity index (χ0n) is 8.09. The van der Waals surface area contributed by atoms with Gasteiger partial charge in [0.1, 0.15) is 0 Å². The molecule has 0 amide bonds. The molecule has 1 atom stereocenters. The average Bonchev–Trinajstić information content (AvgIpc) is 2.57. The number of nitrogens with zero attached hydrogens (tertiary/aromatic N) is 1. The van der Waals surface area contributed by atoms with Crippen molar-refractivity contribution in [1.29, 1.82) is 0 Å². The van der Waals surface area contributed by atoms with Crippen molar-refractivity contribution in [2.75, 3.05) is 6.54 Å². The summed E-state index contributed by atoms with van der Waals surface area (Å²) in [6.07, 6.45) is 7.66. The molecule has 13 heavy (non-hydrogen) atoms. The maximum Gasteiger partial charge on any atom is 0.0300 e. The highest BCUT2D eigenvalue weighted by Gasteiger charge is 2.14. The third kappa shape index (κ3) is 2.28. The molecule has 0 aliphatic carbocycles. The third-order valence-corrected chi connectivity index (χ3v) is 2.58. The van der Waals surface area contributed by atoms with E-state index >= 15 is 0 Å². The second kappa shape index (κ2) is 3.88. The van der Waals surface area contributed by atoms with Gasteiger partial charge in [-0.2, -0.15) is 0 Å². The Bertz CT molecular complexity index is 277. The van der Waals surface area contributed by atoms with Gasteiger partial charge in [0, 0.05) is 18.4 Å². The number of hydrogen-bond donors (Lipinski definition) is 1. The van der Waals surface area contributed by atoms with Crippen LogP contribution in [0.15, 0.2) is 18.5 Å². The van der Waals surface area contributed by atoms with Gasteiger partial charge in [0.15, 0.2) is 0 Å². The Labute approximate surface area is 79.4 Å². The molecule has 2 rings (SSSR count). The minimum Gasteiger partial charge on any atom is -0.314 e. The van der Waals surface area contributed by atoms with Crippen molar-refractivity contribution in [1.82, 2.24) is 10.3 Å². The molecule has 0 spiro atoms. The highest BCUT2D eigenvalue weighted by Crippen LogP contribution is 2.11. The van der Waals surface area contributed by atoms with Crippen LogP contribution < -0.4 is 5.32 Å². The average molecular weight is 176 g/mol. The Hall–Kier alpha value is -0.890. The minimum absolute atomic E-state index is 0.684. The number of pyridine rings is 1. The van der Waals surface area contributed by atoms with E-state index in [2.05, 4.69) is 23.3 Å². The van der Waals surface area contributed by atoms with E-state index in [1.807, 2.05) is 12.4 Å². The van der Waals surface area contributed by atoms with Crippen molar-refractivity contribution < 1.29 is 0 Å². The SMILES string of the molecule is Cc1cncc(CC2CCCN2)c1. The Morgan fingerprint density at radius 2 is 2.46 bits per heavy atom. The summed E-state index contributed by atoms with van der Waals surface area (Å²) in [5, 5.41) is 3.50. The first-order chi connectivity index (χ1) is 6.34. The van der Waals surface area contributed by atoms with Gasteiger partial charge in [0.25, 0.3) is 0 Å². The van der Waals surface area contributed by atoms with Gasteiger partial charge in [-0.05, 0) is 43.9 Å². The molecule has 0 aromatic carbocycles. The predicted molar refractivity (Wildman–Crippen MR) is 53.7 cm³/mol. The molecule has 1 saturated heterocycles. The lowest BCUT2D eigenvalue weighted by Crippen LogP contribution is -2.23.